The summed E-state index contributed by atoms with van der Waals surface area (Å²) in [5.41, 5.74) is 0. The molecule has 0 bridgehead atoms. The number of thioether (sulfide) groups is 1. The van der Waals surface area contributed by atoms with Crippen LogP contribution in [0.25, 0.3) is 0 Å². The first-order valence-corrected chi connectivity index (χ1v) is 6.97. The van der Waals surface area contributed by atoms with Gasteiger partial charge in [0, 0.05) is 23.6 Å². The topological polar surface area (TPSA) is 40.5 Å². The molecule has 16 heavy (non-hydrogen) atoms. The van der Waals surface area contributed by atoms with Crippen LogP contribution in [0.1, 0.15) is 34.1 Å². The van der Waals surface area contributed by atoms with E-state index in [1.807, 2.05) is 23.6 Å². The van der Waals surface area contributed by atoms with E-state index in [2.05, 4.69) is 13.8 Å². The molecule has 0 aliphatic carbocycles. The zero-order valence-electron chi connectivity index (χ0n) is 10.7. The molecule has 0 spiro atoms. The van der Waals surface area contributed by atoms with Gasteiger partial charge in [-0.15, -0.1) is 0 Å². The van der Waals surface area contributed by atoms with Crippen LogP contribution >= 0.6 is 11.8 Å². The zero-order valence-corrected chi connectivity index (χ0v) is 11.5. The molecule has 1 N–H and O–H groups in total. The van der Waals surface area contributed by atoms with E-state index in [4.69, 9.17) is 0 Å². The fourth-order valence-corrected chi connectivity index (χ4v) is 3.27. The van der Waals surface area contributed by atoms with Crippen LogP contribution in [0.2, 0.25) is 0 Å². The largest absolute Gasteiger partial charge is 0.393 e. The minimum Gasteiger partial charge on any atom is -0.393 e. The molecule has 1 fully saturated rings. The van der Waals surface area contributed by atoms with Gasteiger partial charge in [0.2, 0.25) is 5.91 Å². The molecule has 0 unspecified atom stereocenters. The standard InChI is InChI=1S/C12H23NO2S/c1-5-10(9(2)14)11(15)13-6-7-16-12(3,4)8-13/h9-10,14H,5-8H2,1-4H3/t9-,10+/m1/s1. The van der Waals surface area contributed by atoms with E-state index in [0.29, 0.717) is 6.42 Å². The maximum atomic E-state index is 12.2. The molecule has 0 aromatic heterocycles. The van der Waals surface area contributed by atoms with Crippen molar-refractivity contribution in [3.05, 3.63) is 0 Å². The van der Waals surface area contributed by atoms with Crippen LogP contribution in [0.4, 0.5) is 0 Å². The lowest BCUT2D eigenvalue weighted by atomic mass is 9.98. The van der Waals surface area contributed by atoms with E-state index in [9.17, 15) is 9.90 Å². The summed E-state index contributed by atoms with van der Waals surface area (Å²) >= 11 is 1.91. The average Bonchev–Trinajstić information content (AvgIpc) is 2.16. The second-order valence-electron chi connectivity index (χ2n) is 5.12. The van der Waals surface area contributed by atoms with Gasteiger partial charge in [0.1, 0.15) is 0 Å². The average molecular weight is 245 g/mol. The summed E-state index contributed by atoms with van der Waals surface area (Å²) in [6.07, 6.45) is 0.163. The predicted molar refractivity (Wildman–Crippen MR) is 68.6 cm³/mol. The summed E-state index contributed by atoms with van der Waals surface area (Å²) in [6, 6.07) is 0. The Morgan fingerprint density at radius 3 is 2.62 bits per heavy atom. The molecule has 4 heteroatoms. The summed E-state index contributed by atoms with van der Waals surface area (Å²) in [5.74, 6) is 0.874. The lowest BCUT2D eigenvalue weighted by Gasteiger charge is -2.39. The van der Waals surface area contributed by atoms with E-state index < -0.39 is 6.10 Å². The molecule has 1 aliphatic heterocycles. The molecule has 0 aromatic carbocycles. The van der Waals surface area contributed by atoms with Crippen molar-refractivity contribution in [1.82, 2.24) is 4.90 Å². The number of carbonyl (C=O) groups is 1. The van der Waals surface area contributed by atoms with E-state index in [-0.39, 0.29) is 16.6 Å². The highest BCUT2D eigenvalue weighted by Crippen LogP contribution is 2.30. The predicted octanol–water partition coefficient (Wildman–Crippen LogP) is 1.75. The minimum absolute atomic E-state index is 0.117. The molecule has 1 heterocycles. The number of nitrogens with zero attached hydrogens (tertiary/aromatic N) is 1. The Balaban J connectivity index is 2.66. The first kappa shape index (κ1) is 13.8. The Morgan fingerprint density at radius 1 is 1.56 bits per heavy atom. The van der Waals surface area contributed by atoms with Gasteiger partial charge in [-0.1, -0.05) is 6.92 Å². The Labute approximate surface area is 103 Å². The van der Waals surface area contributed by atoms with Crippen molar-refractivity contribution in [2.24, 2.45) is 5.92 Å². The summed E-state index contributed by atoms with van der Waals surface area (Å²) in [5, 5.41) is 9.59. The van der Waals surface area contributed by atoms with Crippen molar-refractivity contribution in [2.75, 3.05) is 18.8 Å². The van der Waals surface area contributed by atoms with Gasteiger partial charge >= 0.3 is 0 Å². The SMILES string of the molecule is CC[C@H](C(=O)N1CCSC(C)(C)C1)[C@@H](C)O. The van der Waals surface area contributed by atoms with E-state index in [1.54, 1.807) is 6.92 Å². The van der Waals surface area contributed by atoms with Crippen molar-refractivity contribution in [2.45, 2.75) is 45.0 Å². The smallest absolute Gasteiger partial charge is 0.228 e. The van der Waals surface area contributed by atoms with Crippen LogP contribution in [0.5, 0.6) is 0 Å². The Kier molecular flexibility index (Phi) is 4.68. The number of carbonyl (C=O) groups excluding carboxylic acids is 1. The van der Waals surface area contributed by atoms with Crippen LogP contribution in [-0.2, 0) is 4.79 Å². The molecule has 1 saturated heterocycles. The highest BCUT2D eigenvalue weighted by Gasteiger charge is 2.33. The van der Waals surface area contributed by atoms with Crippen molar-refractivity contribution in [3.63, 3.8) is 0 Å². The van der Waals surface area contributed by atoms with Crippen LogP contribution in [0.3, 0.4) is 0 Å². The molecule has 0 saturated carbocycles. The summed E-state index contributed by atoms with van der Waals surface area (Å²) in [6.45, 7) is 9.60. The van der Waals surface area contributed by atoms with Crippen LogP contribution < -0.4 is 0 Å². The van der Waals surface area contributed by atoms with E-state index >= 15 is 0 Å². The maximum absolute atomic E-state index is 12.2. The van der Waals surface area contributed by atoms with Gasteiger partial charge < -0.3 is 10.0 Å². The Morgan fingerprint density at radius 2 is 2.19 bits per heavy atom. The quantitative estimate of drug-likeness (QED) is 0.823. The highest BCUT2D eigenvalue weighted by molar-refractivity contribution is 8.00. The fourth-order valence-electron chi connectivity index (χ4n) is 2.16. The molecule has 3 nitrogen and oxygen atoms in total. The summed E-state index contributed by atoms with van der Waals surface area (Å²) < 4.78 is 0.144. The Hall–Kier alpha value is -0.220. The molecular weight excluding hydrogens is 222 g/mol. The van der Waals surface area contributed by atoms with Crippen LogP contribution in [0.15, 0.2) is 0 Å². The van der Waals surface area contributed by atoms with Gasteiger partial charge in [0.05, 0.1) is 12.0 Å². The van der Waals surface area contributed by atoms with Gasteiger partial charge in [-0.25, -0.2) is 0 Å². The van der Waals surface area contributed by atoms with Crippen molar-refractivity contribution < 1.29 is 9.90 Å². The van der Waals surface area contributed by atoms with Crippen LogP contribution in [-0.4, -0.2) is 45.6 Å². The van der Waals surface area contributed by atoms with Crippen molar-refractivity contribution in [3.8, 4) is 0 Å². The normalized spacial score (nSPS) is 23.9. The van der Waals surface area contributed by atoms with E-state index in [1.165, 1.54) is 0 Å². The number of amides is 1. The molecule has 1 amide bonds. The van der Waals surface area contributed by atoms with Crippen LogP contribution in [0, 0.1) is 5.92 Å². The first-order valence-electron chi connectivity index (χ1n) is 5.98. The molecule has 94 valence electrons. The minimum atomic E-state index is -0.546. The fraction of sp³-hybridized carbons (Fsp3) is 0.917. The second-order valence-corrected chi connectivity index (χ2v) is 6.93. The molecule has 1 aliphatic rings. The number of hydrogen-bond acceptors (Lipinski definition) is 3. The zero-order chi connectivity index (χ0) is 12.3. The molecule has 0 radical (unpaired) electrons. The van der Waals surface area contributed by atoms with Gasteiger partial charge in [-0.2, -0.15) is 11.8 Å². The van der Waals surface area contributed by atoms with Gasteiger partial charge in [-0.05, 0) is 27.2 Å². The third kappa shape index (κ3) is 3.39. The van der Waals surface area contributed by atoms with Gasteiger partial charge in [-0.3, -0.25) is 4.79 Å². The van der Waals surface area contributed by atoms with Gasteiger partial charge in [0.15, 0.2) is 0 Å². The van der Waals surface area contributed by atoms with Gasteiger partial charge in [0.25, 0.3) is 0 Å². The van der Waals surface area contributed by atoms with E-state index in [0.717, 1.165) is 18.8 Å². The number of aliphatic hydroxyl groups is 1. The molecule has 0 aromatic rings. The lowest BCUT2D eigenvalue weighted by Crippen LogP contribution is -2.49. The molecule has 2 atom stereocenters. The molecular formula is C12H23NO2S. The first-order chi connectivity index (χ1) is 7.37. The number of aliphatic hydroxyl groups excluding tert-OH is 1. The summed E-state index contributed by atoms with van der Waals surface area (Å²) in [7, 11) is 0. The highest BCUT2D eigenvalue weighted by atomic mass is 32.2. The lowest BCUT2D eigenvalue weighted by molar-refractivity contribution is -0.139. The second kappa shape index (κ2) is 5.41. The summed E-state index contributed by atoms with van der Waals surface area (Å²) in [4.78, 5) is 14.1. The number of hydrogen-bond donors (Lipinski definition) is 1. The number of rotatable bonds is 3. The monoisotopic (exact) mass is 245 g/mol. The Bertz CT molecular complexity index is 253. The third-order valence-corrected chi connectivity index (χ3v) is 4.37. The van der Waals surface area contributed by atoms with Crippen molar-refractivity contribution in [1.29, 1.82) is 0 Å². The molecule has 1 rings (SSSR count). The maximum Gasteiger partial charge on any atom is 0.228 e. The van der Waals surface area contributed by atoms with Crippen molar-refractivity contribution >= 4 is 17.7 Å². The third-order valence-electron chi connectivity index (χ3n) is 3.08.